The Kier molecular flexibility index (Phi) is 5.04. The van der Waals surface area contributed by atoms with Gasteiger partial charge in [0.1, 0.15) is 12.4 Å². The number of hydrogen-bond acceptors (Lipinski definition) is 5. The highest BCUT2D eigenvalue weighted by Gasteiger charge is 2.31. The number of carboxylic acids is 1. The average molecular weight is 345 g/mol. The summed E-state index contributed by atoms with van der Waals surface area (Å²) in [4.78, 5) is 25.2. The Balaban J connectivity index is 1.67. The van der Waals surface area contributed by atoms with Crippen molar-refractivity contribution in [3.63, 3.8) is 0 Å². The largest absolute Gasteiger partial charge is 0.486 e. The average Bonchev–Trinajstić information content (AvgIpc) is 3.09. The molecule has 1 saturated heterocycles. The third kappa shape index (κ3) is 4.00. The minimum absolute atomic E-state index is 0.0115. The molecule has 2 aromatic rings. The Morgan fingerprint density at radius 3 is 2.76 bits per heavy atom. The van der Waals surface area contributed by atoms with Crippen LogP contribution in [0, 0.1) is 6.92 Å². The highest BCUT2D eigenvalue weighted by Crippen LogP contribution is 2.19. The smallest absolute Gasteiger partial charge is 0.334 e. The molecule has 1 fully saturated rings. The Morgan fingerprint density at radius 2 is 2.04 bits per heavy atom. The van der Waals surface area contributed by atoms with Crippen LogP contribution in [-0.2, 0) is 16.1 Å². The van der Waals surface area contributed by atoms with Crippen LogP contribution < -0.4 is 4.74 Å². The quantitative estimate of drug-likeness (QED) is 0.892. The number of amides is 1. The summed E-state index contributed by atoms with van der Waals surface area (Å²) < 4.78 is 16.2. The molecular weight excluding hydrogens is 326 g/mol. The van der Waals surface area contributed by atoms with Gasteiger partial charge in [0.05, 0.1) is 25.0 Å². The second-order valence-electron chi connectivity index (χ2n) is 5.81. The third-order valence-electron chi connectivity index (χ3n) is 4.00. The molecule has 25 heavy (non-hydrogen) atoms. The van der Waals surface area contributed by atoms with Crippen LogP contribution in [0.15, 0.2) is 41.0 Å². The van der Waals surface area contributed by atoms with Gasteiger partial charge >= 0.3 is 5.97 Å². The first-order chi connectivity index (χ1) is 12.0. The molecule has 0 spiro atoms. The molecule has 1 aliphatic rings. The second-order valence-corrected chi connectivity index (χ2v) is 5.81. The number of carbonyl (C=O) groups excluding carboxylic acids is 1. The first kappa shape index (κ1) is 17.0. The fourth-order valence-corrected chi connectivity index (χ4v) is 2.58. The predicted octanol–water partition coefficient (Wildman–Crippen LogP) is 2.09. The number of carbonyl (C=O) groups is 2. The topological polar surface area (TPSA) is 89.2 Å². The first-order valence-corrected chi connectivity index (χ1v) is 7.94. The van der Waals surface area contributed by atoms with Crippen molar-refractivity contribution in [1.29, 1.82) is 0 Å². The molecule has 1 aromatic heterocycles. The summed E-state index contributed by atoms with van der Waals surface area (Å²) >= 11 is 0. The van der Waals surface area contributed by atoms with Crippen molar-refractivity contribution >= 4 is 11.9 Å². The molecule has 0 radical (unpaired) electrons. The summed E-state index contributed by atoms with van der Waals surface area (Å²) in [6, 6.07) is 9.13. The van der Waals surface area contributed by atoms with Crippen molar-refractivity contribution in [3.8, 4) is 5.75 Å². The van der Waals surface area contributed by atoms with Crippen molar-refractivity contribution in [1.82, 2.24) is 4.90 Å². The van der Waals surface area contributed by atoms with Crippen molar-refractivity contribution in [2.24, 2.45) is 0 Å². The molecule has 1 atom stereocenters. The minimum Gasteiger partial charge on any atom is -0.486 e. The maximum Gasteiger partial charge on any atom is 0.334 e. The predicted molar refractivity (Wildman–Crippen MR) is 87.5 cm³/mol. The van der Waals surface area contributed by atoms with Crippen molar-refractivity contribution in [2.75, 3.05) is 19.7 Å². The molecule has 1 aliphatic heterocycles. The number of aryl methyl sites for hydroxylation is 1. The molecule has 1 aromatic carbocycles. The van der Waals surface area contributed by atoms with Crippen LogP contribution in [0.4, 0.5) is 0 Å². The van der Waals surface area contributed by atoms with E-state index < -0.39 is 12.1 Å². The highest BCUT2D eigenvalue weighted by molar-refractivity contribution is 5.95. The number of furan rings is 1. The molecular formula is C18H19NO6. The lowest BCUT2D eigenvalue weighted by molar-refractivity contribution is -0.154. The Morgan fingerprint density at radius 1 is 1.28 bits per heavy atom. The van der Waals surface area contributed by atoms with E-state index in [9.17, 15) is 9.59 Å². The number of aliphatic carboxylic acids is 1. The molecule has 0 unspecified atom stereocenters. The molecule has 7 heteroatoms. The van der Waals surface area contributed by atoms with Gasteiger partial charge in [0.15, 0.2) is 11.9 Å². The Hall–Kier alpha value is -2.80. The Bertz CT molecular complexity index is 751. The normalized spacial score (nSPS) is 17.3. The number of nitrogens with zero attached hydrogens (tertiary/aromatic N) is 1. The molecule has 1 N–H and O–H groups in total. The first-order valence-electron chi connectivity index (χ1n) is 7.94. The lowest BCUT2D eigenvalue weighted by atomic mass is 10.2. The maximum atomic E-state index is 12.7. The van der Waals surface area contributed by atoms with E-state index >= 15 is 0 Å². The molecule has 3 rings (SSSR count). The number of rotatable bonds is 5. The number of benzene rings is 1. The SMILES string of the molecule is Cc1ccc(OCc2occc2C(=O)N2CCO[C@H](C(=O)O)C2)cc1. The van der Waals surface area contributed by atoms with Gasteiger partial charge in [-0.05, 0) is 25.1 Å². The summed E-state index contributed by atoms with van der Waals surface area (Å²) in [5.41, 5.74) is 1.50. The third-order valence-corrected chi connectivity index (χ3v) is 4.00. The van der Waals surface area contributed by atoms with E-state index in [1.165, 1.54) is 11.2 Å². The number of carboxylic acid groups (broad SMARTS) is 1. The lowest BCUT2D eigenvalue weighted by Crippen LogP contribution is -2.48. The summed E-state index contributed by atoms with van der Waals surface area (Å²) in [5, 5.41) is 9.05. The lowest BCUT2D eigenvalue weighted by Gasteiger charge is -2.30. The van der Waals surface area contributed by atoms with Crippen molar-refractivity contribution in [2.45, 2.75) is 19.6 Å². The van der Waals surface area contributed by atoms with E-state index in [0.29, 0.717) is 23.6 Å². The number of ether oxygens (including phenoxy) is 2. The van der Waals surface area contributed by atoms with Crippen LogP contribution in [0.25, 0.3) is 0 Å². The van der Waals surface area contributed by atoms with E-state index in [1.54, 1.807) is 6.07 Å². The van der Waals surface area contributed by atoms with E-state index in [0.717, 1.165) is 5.56 Å². The minimum atomic E-state index is -1.08. The fraction of sp³-hybridized carbons (Fsp3) is 0.333. The standard InChI is InChI=1S/C18H19NO6/c1-12-2-4-13(5-3-12)25-11-16-14(6-8-23-16)17(20)19-7-9-24-15(10-19)18(21)22/h2-6,8,15H,7,9-11H2,1H3,(H,21,22)/t15-/m0/s1. The summed E-state index contributed by atoms with van der Waals surface area (Å²) in [6.45, 7) is 2.64. The van der Waals surface area contributed by atoms with E-state index in [2.05, 4.69) is 0 Å². The summed E-state index contributed by atoms with van der Waals surface area (Å²) in [5.74, 6) is -0.278. The van der Waals surface area contributed by atoms with Gasteiger partial charge in [-0.25, -0.2) is 4.79 Å². The highest BCUT2D eigenvalue weighted by atomic mass is 16.5. The van der Waals surface area contributed by atoms with Gasteiger partial charge in [-0.1, -0.05) is 17.7 Å². The molecule has 0 saturated carbocycles. The number of morpholine rings is 1. The van der Waals surface area contributed by atoms with Crippen LogP contribution in [-0.4, -0.2) is 47.7 Å². The molecule has 7 nitrogen and oxygen atoms in total. The van der Waals surface area contributed by atoms with Crippen LogP contribution in [0.1, 0.15) is 21.7 Å². The van der Waals surface area contributed by atoms with E-state index in [4.69, 9.17) is 19.0 Å². The van der Waals surface area contributed by atoms with Crippen LogP contribution in [0.3, 0.4) is 0 Å². The molecule has 2 heterocycles. The molecule has 1 amide bonds. The Labute approximate surface area is 144 Å². The summed E-state index contributed by atoms with van der Waals surface area (Å²) in [6.07, 6.45) is 0.424. The zero-order chi connectivity index (χ0) is 17.8. The van der Waals surface area contributed by atoms with Gasteiger partial charge in [-0.15, -0.1) is 0 Å². The van der Waals surface area contributed by atoms with Crippen LogP contribution in [0.2, 0.25) is 0 Å². The van der Waals surface area contributed by atoms with Gasteiger partial charge in [0.2, 0.25) is 0 Å². The second kappa shape index (κ2) is 7.40. The van der Waals surface area contributed by atoms with Gasteiger partial charge in [0.25, 0.3) is 5.91 Å². The zero-order valence-corrected chi connectivity index (χ0v) is 13.8. The maximum absolute atomic E-state index is 12.7. The molecule has 0 aliphatic carbocycles. The summed E-state index contributed by atoms with van der Waals surface area (Å²) in [7, 11) is 0. The van der Waals surface area contributed by atoms with Gasteiger partial charge in [0, 0.05) is 6.54 Å². The fourth-order valence-electron chi connectivity index (χ4n) is 2.58. The van der Waals surface area contributed by atoms with Crippen molar-refractivity contribution < 1.29 is 28.6 Å². The number of hydrogen-bond donors (Lipinski definition) is 1. The zero-order valence-electron chi connectivity index (χ0n) is 13.8. The van der Waals surface area contributed by atoms with Crippen LogP contribution >= 0.6 is 0 Å². The van der Waals surface area contributed by atoms with Gasteiger partial charge in [-0.2, -0.15) is 0 Å². The van der Waals surface area contributed by atoms with Crippen molar-refractivity contribution in [3.05, 3.63) is 53.5 Å². The molecule has 132 valence electrons. The van der Waals surface area contributed by atoms with E-state index in [1.807, 2.05) is 31.2 Å². The van der Waals surface area contributed by atoms with Crippen LogP contribution in [0.5, 0.6) is 5.75 Å². The van der Waals surface area contributed by atoms with Gasteiger partial charge in [-0.3, -0.25) is 4.79 Å². The monoisotopic (exact) mass is 345 g/mol. The molecule has 0 bridgehead atoms. The van der Waals surface area contributed by atoms with E-state index in [-0.39, 0.29) is 25.7 Å². The van der Waals surface area contributed by atoms with Gasteiger partial charge < -0.3 is 23.9 Å².